The predicted molar refractivity (Wildman–Crippen MR) is 79.7 cm³/mol. The molecule has 7 heteroatoms. The van der Waals surface area contributed by atoms with E-state index in [0.29, 0.717) is 29.9 Å². The lowest BCUT2D eigenvalue weighted by Crippen LogP contribution is -2.50. The summed E-state index contributed by atoms with van der Waals surface area (Å²) in [7, 11) is 0. The lowest BCUT2D eigenvalue weighted by atomic mass is 10.3. The molecule has 0 saturated carbocycles. The van der Waals surface area contributed by atoms with Crippen LogP contribution in [0.25, 0.3) is 0 Å². The highest BCUT2D eigenvalue weighted by Gasteiger charge is 2.21. The third-order valence-electron chi connectivity index (χ3n) is 3.39. The molecule has 5 nitrogen and oxygen atoms in total. The van der Waals surface area contributed by atoms with Gasteiger partial charge in [0, 0.05) is 32.7 Å². The Balaban J connectivity index is 1.80. The van der Waals surface area contributed by atoms with Gasteiger partial charge in [0.1, 0.15) is 11.6 Å². The number of aliphatic hydroxyl groups excluding tert-OH is 1. The van der Waals surface area contributed by atoms with E-state index in [1.54, 1.807) is 4.90 Å². The van der Waals surface area contributed by atoms with Crippen molar-refractivity contribution in [2.24, 2.45) is 0 Å². The first-order valence-corrected chi connectivity index (χ1v) is 7.58. The number of benzene rings is 1. The summed E-state index contributed by atoms with van der Waals surface area (Å²) in [5, 5.41) is 8.88. The van der Waals surface area contributed by atoms with Gasteiger partial charge >= 0.3 is 0 Å². The van der Waals surface area contributed by atoms with Crippen molar-refractivity contribution in [1.29, 1.82) is 0 Å². The molecule has 116 valence electrons. The van der Waals surface area contributed by atoms with Crippen molar-refractivity contribution in [3.05, 3.63) is 28.5 Å². The van der Waals surface area contributed by atoms with Crippen LogP contribution in [0.3, 0.4) is 0 Å². The standard InChI is InChI=1S/C14H18BrFN2O3/c15-12-9-11(16)1-2-13(12)21-10-14(20)18-5-3-17(4-6-18)7-8-19/h1-2,9,19H,3-8,10H2. The van der Waals surface area contributed by atoms with E-state index >= 15 is 0 Å². The Morgan fingerprint density at radius 2 is 2.05 bits per heavy atom. The van der Waals surface area contributed by atoms with Crippen LogP contribution in [0.15, 0.2) is 22.7 Å². The SMILES string of the molecule is O=C(COc1ccc(F)cc1Br)N1CCN(CCO)CC1. The predicted octanol–water partition coefficient (Wildman–Crippen LogP) is 1.10. The van der Waals surface area contributed by atoms with E-state index in [1.165, 1.54) is 18.2 Å². The maximum Gasteiger partial charge on any atom is 0.260 e. The summed E-state index contributed by atoms with van der Waals surface area (Å²) >= 11 is 3.20. The fourth-order valence-corrected chi connectivity index (χ4v) is 2.65. The molecule has 0 radical (unpaired) electrons. The van der Waals surface area contributed by atoms with E-state index < -0.39 is 0 Å². The van der Waals surface area contributed by atoms with Crippen molar-refractivity contribution < 1.29 is 19.0 Å². The Labute approximate surface area is 131 Å². The zero-order chi connectivity index (χ0) is 15.2. The average Bonchev–Trinajstić information content (AvgIpc) is 2.47. The van der Waals surface area contributed by atoms with Gasteiger partial charge in [-0.15, -0.1) is 0 Å². The number of aliphatic hydroxyl groups is 1. The van der Waals surface area contributed by atoms with Crippen LogP contribution in [-0.4, -0.2) is 66.8 Å². The van der Waals surface area contributed by atoms with Crippen molar-refractivity contribution in [2.45, 2.75) is 0 Å². The molecule has 0 aromatic heterocycles. The minimum absolute atomic E-state index is 0.0652. The van der Waals surface area contributed by atoms with Crippen LogP contribution in [0.4, 0.5) is 4.39 Å². The van der Waals surface area contributed by atoms with Crippen LogP contribution < -0.4 is 4.74 Å². The fraction of sp³-hybridized carbons (Fsp3) is 0.500. The molecule has 1 aromatic carbocycles. The Kier molecular flexibility index (Phi) is 5.96. The van der Waals surface area contributed by atoms with E-state index in [4.69, 9.17) is 9.84 Å². The van der Waals surface area contributed by atoms with Crippen LogP contribution in [0.1, 0.15) is 0 Å². The van der Waals surface area contributed by atoms with Gasteiger partial charge in [0.05, 0.1) is 11.1 Å². The lowest BCUT2D eigenvalue weighted by Gasteiger charge is -2.34. The molecule has 1 aliphatic rings. The van der Waals surface area contributed by atoms with E-state index in [1.807, 2.05) is 0 Å². The first-order valence-electron chi connectivity index (χ1n) is 6.79. The normalized spacial score (nSPS) is 16.0. The molecule has 0 unspecified atom stereocenters. The van der Waals surface area contributed by atoms with Crippen LogP contribution >= 0.6 is 15.9 Å². The van der Waals surface area contributed by atoms with Gasteiger partial charge < -0.3 is 14.7 Å². The van der Waals surface area contributed by atoms with Crippen LogP contribution in [0.5, 0.6) is 5.75 Å². The number of rotatable bonds is 5. The number of hydrogen-bond acceptors (Lipinski definition) is 4. The van der Waals surface area contributed by atoms with Crippen LogP contribution in [0.2, 0.25) is 0 Å². The minimum atomic E-state index is -0.361. The summed E-state index contributed by atoms with van der Waals surface area (Å²) in [5.41, 5.74) is 0. The third-order valence-corrected chi connectivity index (χ3v) is 4.01. The number of ether oxygens (including phenoxy) is 1. The largest absolute Gasteiger partial charge is 0.483 e. The van der Waals surface area contributed by atoms with E-state index in [2.05, 4.69) is 20.8 Å². The van der Waals surface area contributed by atoms with Crippen molar-refractivity contribution in [3.8, 4) is 5.75 Å². The van der Waals surface area contributed by atoms with Gasteiger partial charge in [-0.2, -0.15) is 0 Å². The van der Waals surface area contributed by atoms with Gasteiger partial charge in [0.2, 0.25) is 0 Å². The molecule has 1 N–H and O–H groups in total. The highest BCUT2D eigenvalue weighted by molar-refractivity contribution is 9.10. The smallest absolute Gasteiger partial charge is 0.260 e. The highest BCUT2D eigenvalue weighted by atomic mass is 79.9. The molecule has 0 bridgehead atoms. The van der Waals surface area contributed by atoms with Crippen molar-refractivity contribution >= 4 is 21.8 Å². The molecule has 0 atom stereocenters. The molecule has 0 aliphatic carbocycles. The summed E-state index contributed by atoms with van der Waals surface area (Å²) in [6.45, 7) is 3.49. The summed E-state index contributed by atoms with van der Waals surface area (Å²) in [6, 6.07) is 4.08. The molecule has 1 saturated heterocycles. The number of halogens is 2. The topological polar surface area (TPSA) is 53.0 Å². The first kappa shape index (κ1) is 16.2. The number of nitrogens with zero attached hydrogens (tertiary/aromatic N) is 2. The number of hydrogen-bond donors (Lipinski definition) is 1. The van der Waals surface area contributed by atoms with E-state index in [0.717, 1.165) is 13.1 Å². The summed E-state index contributed by atoms with van der Waals surface area (Å²) in [6.07, 6.45) is 0. The summed E-state index contributed by atoms with van der Waals surface area (Å²) in [5.74, 6) is -0.000836. The second kappa shape index (κ2) is 7.72. The second-order valence-corrected chi connectivity index (χ2v) is 5.66. The number of carbonyl (C=O) groups is 1. The van der Waals surface area contributed by atoms with Crippen molar-refractivity contribution in [2.75, 3.05) is 45.9 Å². The summed E-state index contributed by atoms with van der Waals surface area (Å²) in [4.78, 5) is 15.9. The summed E-state index contributed by atoms with van der Waals surface area (Å²) < 4.78 is 18.9. The van der Waals surface area contributed by atoms with E-state index in [9.17, 15) is 9.18 Å². The molecule has 1 amide bonds. The quantitative estimate of drug-likeness (QED) is 0.854. The Bertz CT molecular complexity index is 493. The molecule has 1 fully saturated rings. The maximum atomic E-state index is 13.0. The van der Waals surface area contributed by atoms with Gasteiger partial charge in [0.15, 0.2) is 6.61 Å². The van der Waals surface area contributed by atoms with Crippen molar-refractivity contribution in [3.63, 3.8) is 0 Å². The number of carbonyl (C=O) groups excluding carboxylic acids is 1. The van der Waals surface area contributed by atoms with Crippen LogP contribution in [0, 0.1) is 5.82 Å². The van der Waals surface area contributed by atoms with Crippen molar-refractivity contribution in [1.82, 2.24) is 9.80 Å². The Morgan fingerprint density at radius 1 is 1.33 bits per heavy atom. The van der Waals surface area contributed by atoms with Gasteiger partial charge in [0.25, 0.3) is 5.91 Å². The Morgan fingerprint density at radius 3 is 2.67 bits per heavy atom. The molecule has 1 heterocycles. The molecule has 1 aromatic rings. The highest BCUT2D eigenvalue weighted by Crippen LogP contribution is 2.25. The first-order chi connectivity index (χ1) is 10.1. The molecule has 21 heavy (non-hydrogen) atoms. The molecule has 2 rings (SSSR count). The second-order valence-electron chi connectivity index (χ2n) is 4.81. The minimum Gasteiger partial charge on any atom is -0.483 e. The number of amides is 1. The molecular weight excluding hydrogens is 343 g/mol. The molecule has 1 aliphatic heterocycles. The zero-order valence-corrected chi connectivity index (χ0v) is 13.2. The molecular formula is C14H18BrFN2O3. The van der Waals surface area contributed by atoms with Gasteiger partial charge in [-0.25, -0.2) is 4.39 Å². The van der Waals surface area contributed by atoms with E-state index in [-0.39, 0.29) is 24.9 Å². The number of piperazine rings is 1. The van der Waals surface area contributed by atoms with Gasteiger partial charge in [-0.05, 0) is 34.1 Å². The van der Waals surface area contributed by atoms with Crippen LogP contribution in [-0.2, 0) is 4.79 Å². The zero-order valence-electron chi connectivity index (χ0n) is 11.6. The third kappa shape index (κ3) is 4.66. The average molecular weight is 361 g/mol. The van der Waals surface area contributed by atoms with Gasteiger partial charge in [-0.1, -0.05) is 0 Å². The fourth-order valence-electron chi connectivity index (χ4n) is 2.19. The monoisotopic (exact) mass is 360 g/mol. The lowest BCUT2D eigenvalue weighted by molar-refractivity contribution is -0.135. The number of β-amino-alcohol motifs (C(OH)–C–C–N with tert-alkyl or cyclic N) is 1. The molecule has 0 spiro atoms. The Hall–Kier alpha value is -1.18. The maximum absolute atomic E-state index is 13.0. The van der Waals surface area contributed by atoms with Gasteiger partial charge in [-0.3, -0.25) is 9.69 Å².